The van der Waals surface area contributed by atoms with Crippen molar-refractivity contribution in [2.75, 3.05) is 10.8 Å². The monoisotopic (exact) mass is 693 g/mol. The van der Waals surface area contributed by atoms with Crippen LogP contribution in [0.25, 0.3) is 0 Å². The van der Waals surface area contributed by atoms with E-state index in [0.29, 0.717) is 0 Å². The molecule has 224 valence electrons. The molecule has 1 N–H and O–H groups in total. The summed E-state index contributed by atoms with van der Waals surface area (Å²) in [5, 5.41) is 3.55. The van der Waals surface area contributed by atoms with E-state index in [9.17, 15) is 18.0 Å². The highest BCUT2D eigenvalue weighted by molar-refractivity contribution is 9.10. The Morgan fingerprint density at radius 2 is 1.55 bits per heavy atom. The molecule has 7 nitrogen and oxygen atoms in total. The second-order valence-electron chi connectivity index (χ2n) is 10.6. The molecule has 0 saturated heterocycles. The number of amides is 2. The topological polar surface area (TPSA) is 86.8 Å². The van der Waals surface area contributed by atoms with Crippen LogP contribution in [0, 0.1) is 6.92 Å². The standard InChI is InChI=1S/C31H34BrCl2N3O4S/c1-21-8-14-29(15-9-21)42(40,41)37(28-17-25(33)16-26(34)18-28)20-30(38)36(19-23-10-12-24(32)13-11-23)22(2)31(39)35-27-6-4-3-5-7-27/h8-18,22,27H,3-7,19-20H2,1-2H3,(H,35,39)/t22-/m0/s1. The van der Waals surface area contributed by atoms with Gasteiger partial charge in [0.15, 0.2) is 0 Å². The number of rotatable bonds is 10. The van der Waals surface area contributed by atoms with Gasteiger partial charge in [0.05, 0.1) is 10.6 Å². The summed E-state index contributed by atoms with van der Waals surface area (Å²) in [7, 11) is -4.22. The van der Waals surface area contributed by atoms with E-state index in [0.717, 1.165) is 52.0 Å². The lowest BCUT2D eigenvalue weighted by molar-refractivity contribution is -0.139. The van der Waals surface area contributed by atoms with Crippen molar-refractivity contribution >= 4 is 66.7 Å². The number of nitrogens with one attached hydrogen (secondary N) is 1. The van der Waals surface area contributed by atoms with Crippen LogP contribution in [0.3, 0.4) is 0 Å². The molecule has 1 fully saturated rings. The minimum atomic E-state index is -4.22. The number of hydrogen-bond acceptors (Lipinski definition) is 4. The maximum absolute atomic E-state index is 14.1. The van der Waals surface area contributed by atoms with Gasteiger partial charge in [-0.25, -0.2) is 8.42 Å². The van der Waals surface area contributed by atoms with Crippen molar-refractivity contribution in [2.45, 2.75) is 69.5 Å². The Balaban J connectivity index is 1.69. The van der Waals surface area contributed by atoms with Gasteiger partial charge in [0.2, 0.25) is 11.8 Å². The maximum Gasteiger partial charge on any atom is 0.264 e. The minimum Gasteiger partial charge on any atom is -0.352 e. The zero-order chi connectivity index (χ0) is 30.4. The molecule has 0 spiro atoms. The van der Waals surface area contributed by atoms with Crippen LogP contribution in [0.2, 0.25) is 10.0 Å². The van der Waals surface area contributed by atoms with E-state index >= 15 is 0 Å². The Labute approximate surface area is 266 Å². The van der Waals surface area contributed by atoms with Crippen molar-refractivity contribution in [3.63, 3.8) is 0 Å². The van der Waals surface area contributed by atoms with Crippen LogP contribution in [-0.4, -0.2) is 43.8 Å². The third-order valence-electron chi connectivity index (χ3n) is 7.41. The number of halogens is 3. The molecule has 0 aliphatic heterocycles. The number of carbonyl (C=O) groups excluding carboxylic acids is 2. The van der Waals surface area contributed by atoms with Crippen LogP contribution < -0.4 is 9.62 Å². The Morgan fingerprint density at radius 3 is 2.14 bits per heavy atom. The van der Waals surface area contributed by atoms with Gasteiger partial charge >= 0.3 is 0 Å². The first-order chi connectivity index (χ1) is 19.9. The number of carbonyl (C=O) groups is 2. The smallest absolute Gasteiger partial charge is 0.264 e. The van der Waals surface area contributed by atoms with Crippen molar-refractivity contribution in [1.82, 2.24) is 10.2 Å². The predicted octanol–water partition coefficient (Wildman–Crippen LogP) is 7.13. The van der Waals surface area contributed by atoms with Gasteiger partial charge in [0, 0.05) is 27.1 Å². The van der Waals surface area contributed by atoms with Crippen LogP contribution >= 0.6 is 39.1 Å². The highest BCUT2D eigenvalue weighted by Gasteiger charge is 2.33. The third-order valence-corrected chi connectivity index (χ3v) is 10.2. The molecule has 4 rings (SSSR count). The van der Waals surface area contributed by atoms with E-state index in [1.807, 2.05) is 31.2 Å². The molecule has 0 radical (unpaired) electrons. The van der Waals surface area contributed by atoms with Crippen LogP contribution in [0.15, 0.2) is 76.1 Å². The van der Waals surface area contributed by atoms with Crippen LogP contribution in [0.5, 0.6) is 0 Å². The molecular weight excluding hydrogens is 661 g/mol. The lowest BCUT2D eigenvalue weighted by atomic mass is 9.95. The molecule has 0 aromatic heterocycles. The molecule has 3 aromatic carbocycles. The third kappa shape index (κ3) is 8.28. The number of nitrogens with zero attached hydrogens (tertiary/aromatic N) is 2. The predicted molar refractivity (Wildman–Crippen MR) is 171 cm³/mol. The summed E-state index contributed by atoms with van der Waals surface area (Å²) in [4.78, 5) is 29.0. The van der Waals surface area contributed by atoms with Gasteiger partial charge in [-0.05, 0) is 74.7 Å². The molecule has 1 atom stereocenters. The van der Waals surface area contributed by atoms with E-state index in [4.69, 9.17) is 23.2 Å². The van der Waals surface area contributed by atoms with Gasteiger partial charge in [0.25, 0.3) is 10.0 Å². The van der Waals surface area contributed by atoms with Gasteiger partial charge in [-0.2, -0.15) is 0 Å². The first kappa shape index (κ1) is 32.3. The quantitative estimate of drug-likeness (QED) is 0.245. The molecule has 3 aromatic rings. The second kappa shape index (κ2) is 14.3. The summed E-state index contributed by atoms with van der Waals surface area (Å²) in [5.74, 6) is -0.817. The number of anilines is 1. The molecule has 0 heterocycles. The van der Waals surface area contributed by atoms with Crippen molar-refractivity contribution in [1.29, 1.82) is 0 Å². The lowest BCUT2D eigenvalue weighted by Gasteiger charge is -2.33. The molecule has 1 aliphatic rings. The summed E-state index contributed by atoms with van der Waals surface area (Å²) < 4.78 is 29.8. The summed E-state index contributed by atoms with van der Waals surface area (Å²) in [5.41, 5.74) is 1.83. The van der Waals surface area contributed by atoms with E-state index in [1.165, 1.54) is 35.2 Å². The van der Waals surface area contributed by atoms with Gasteiger partial charge in [-0.15, -0.1) is 0 Å². The number of benzene rings is 3. The van der Waals surface area contributed by atoms with Crippen LogP contribution in [0.1, 0.15) is 50.2 Å². The average Bonchev–Trinajstić information content (AvgIpc) is 2.95. The first-order valence-corrected chi connectivity index (χ1v) is 16.8. The fraction of sp³-hybridized carbons (Fsp3) is 0.355. The van der Waals surface area contributed by atoms with Crippen LogP contribution in [-0.2, 0) is 26.2 Å². The number of hydrogen-bond donors (Lipinski definition) is 1. The van der Waals surface area contributed by atoms with Gasteiger partial charge in [-0.1, -0.05) is 88.2 Å². The number of sulfonamides is 1. The van der Waals surface area contributed by atoms with Crippen molar-refractivity contribution in [3.8, 4) is 0 Å². The van der Waals surface area contributed by atoms with Crippen molar-refractivity contribution < 1.29 is 18.0 Å². The van der Waals surface area contributed by atoms with E-state index in [1.54, 1.807) is 19.1 Å². The highest BCUT2D eigenvalue weighted by Crippen LogP contribution is 2.30. The Kier molecular flexibility index (Phi) is 11.0. The first-order valence-electron chi connectivity index (χ1n) is 13.8. The zero-order valence-corrected chi connectivity index (χ0v) is 27.4. The zero-order valence-electron chi connectivity index (χ0n) is 23.5. The van der Waals surface area contributed by atoms with Gasteiger partial charge in [0.1, 0.15) is 12.6 Å². The molecule has 0 unspecified atom stereocenters. The number of aryl methyl sites for hydroxylation is 1. The van der Waals surface area contributed by atoms with E-state index in [2.05, 4.69) is 21.2 Å². The van der Waals surface area contributed by atoms with E-state index in [-0.39, 0.29) is 39.1 Å². The Bertz CT molecular complexity index is 1490. The Morgan fingerprint density at radius 1 is 0.952 bits per heavy atom. The summed E-state index contributed by atoms with van der Waals surface area (Å²) >= 11 is 15.9. The minimum absolute atomic E-state index is 0.0135. The van der Waals surface area contributed by atoms with Gasteiger partial charge in [-0.3, -0.25) is 13.9 Å². The normalized spacial score (nSPS) is 14.7. The molecule has 1 aliphatic carbocycles. The second-order valence-corrected chi connectivity index (χ2v) is 14.3. The molecule has 42 heavy (non-hydrogen) atoms. The van der Waals surface area contributed by atoms with Crippen molar-refractivity contribution in [3.05, 3.63) is 92.4 Å². The van der Waals surface area contributed by atoms with Crippen molar-refractivity contribution in [2.24, 2.45) is 0 Å². The Hall–Kier alpha value is -2.59. The maximum atomic E-state index is 14.1. The molecular formula is C31H34BrCl2N3O4S. The largest absolute Gasteiger partial charge is 0.352 e. The highest BCUT2D eigenvalue weighted by atomic mass is 79.9. The summed E-state index contributed by atoms with van der Waals surface area (Å²) in [6.07, 6.45) is 5.05. The SMILES string of the molecule is Cc1ccc(S(=O)(=O)N(CC(=O)N(Cc2ccc(Br)cc2)[C@@H](C)C(=O)NC2CCCCC2)c2cc(Cl)cc(Cl)c2)cc1. The fourth-order valence-electron chi connectivity index (χ4n) is 4.99. The average molecular weight is 696 g/mol. The fourth-order valence-corrected chi connectivity index (χ4v) is 7.16. The van der Waals surface area contributed by atoms with Crippen LogP contribution in [0.4, 0.5) is 5.69 Å². The molecule has 0 bridgehead atoms. The molecule has 11 heteroatoms. The van der Waals surface area contributed by atoms with Gasteiger partial charge < -0.3 is 10.2 Å². The summed E-state index contributed by atoms with van der Waals surface area (Å²) in [6.45, 7) is 3.07. The molecule has 2 amide bonds. The van der Waals surface area contributed by atoms with E-state index < -0.39 is 28.5 Å². The lowest BCUT2D eigenvalue weighted by Crippen LogP contribution is -2.53. The summed E-state index contributed by atoms with van der Waals surface area (Å²) in [6, 6.07) is 17.4. The molecule has 1 saturated carbocycles.